The first-order chi connectivity index (χ1) is 13.6. The van der Waals surface area contributed by atoms with Gasteiger partial charge in [0.15, 0.2) is 18.3 Å². The molecule has 0 aliphatic carbocycles. The average molecular weight is 431 g/mol. The molecule has 10 nitrogen and oxygen atoms in total. The van der Waals surface area contributed by atoms with E-state index in [-0.39, 0.29) is 0 Å². The normalized spacial score (nSPS) is 17.2. The molecule has 0 radical (unpaired) electrons. The van der Waals surface area contributed by atoms with Crippen molar-refractivity contribution in [2.24, 2.45) is 0 Å². The van der Waals surface area contributed by atoms with Crippen LogP contribution in [0, 0.1) is 0 Å². The predicted octanol–water partition coefficient (Wildman–Crippen LogP) is -0.373. The van der Waals surface area contributed by atoms with E-state index in [1.807, 2.05) is 0 Å². The topological polar surface area (TPSA) is 142 Å². The SMILES string of the molecule is [2H]CC(=O)O[C@@H]([C@H](OC(=O)C[2H])[C@@H](OC(=O)C[2H])C(=O)Br)[C@@H](CO)OC(=O)C[2H]. The van der Waals surface area contributed by atoms with Gasteiger partial charge in [0.05, 0.1) is 6.61 Å². The Morgan fingerprint density at radius 1 is 0.840 bits per heavy atom. The maximum absolute atomic E-state index is 11.9. The molecule has 0 aliphatic heterocycles. The van der Waals surface area contributed by atoms with Gasteiger partial charge in [0.2, 0.25) is 10.8 Å². The number of halogens is 1. The third kappa shape index (κ3) is 8.59. The Morgan fingerprint density at radius 3 is 1.72 bits per heavy atom. The molecule has 0 fully saturated rings. The molecule has 0 rings (SSSR count). The molecule has 0 saturated heterocycles. The second-order valence-corrected chi connectivity index (χ2v) is 5.12. The van der Waals surface area contributed by atoms with Crippen LogP contribution in [0.3, 0.4) is 0 Å². The van der Waals surface area contributed by atoms with Crippen molar-refractivity contribution < 1.29 is 53.5 Å². The van der Waals surface area contributed by atoms with Crippen molar-refractivity contribution in [2.45, 2.75) is 52.0 Å². The molecular weight excluding hydrogens is 408 g/mol. The minimum Gasteiger partial charge on any atom is -0.456 e. The molecule has 142 valence electrons. The number of esters is 4. The Kier molecular flexibility index (Phi) is 7.09. The first-order valence-corrected chi connectivity index (χ1v) is 7.19. The number of ether oxygens (including phenoxy) is 4. The average Bonchev–Trinajstić information content (AvgIpc) is 2.71. The zero-order chi connectivity index (χ0) is 22.6. The summed E-state index contributed by atoms with van der Waals surface area (Å²) in [6, 6.07) is 0. The van der Waals surface area contributed by atoms with Gasteiger partial charge in [-0.25, -0.2) is 0 Å². The van der Waals surface area contributed by atoms with Gasteiger partial charge in [0.25, 0.3) is 0 Å². The van der Waals surface area contributed by atoms with Crippen LogP contribution >= 0.6 is 15.9 Å². The summed E-state index contributed by atoms with van der Waals surface area (Å²) in [6.45, 7) is -4.75. The molecule has 0 unspecified atom stereocenters. The highest BCUT2D eigenvalue weighted by Gasteiger charge is 2.45. The summed E-state index contributed by atoms with van der Waals surface area (Å²) < 4.78 is 46.1. The van der Waals surface area contributed by atoms with Gasteiger partial charge < -0.3 is 24.1 Å². The fourth-order valence-electron chi connectivity index (χ4n) is 1.72. The van der Waals surface area contributed by atoms with Crippen LogP contribution in [0.15, 0.2) is 0 Å². The van der Waals surface area contributed by atoms with Crippen molar-refractivity contribution in [3.63, 3.8) is 0 Å². The summed E-state index contributed by atoms with van der Waals surface area (Å²) >= 11 is 2.50. The number of aliphatic hydroxyl groups is 1. The van der Waals surface area contributed by atoms with Gasteiger partial charge in [-0.05, 0) is 15.9 Å². The fraction of sp³-hybridized carbons (Fsp3) is 0.643. The Morgan fingerprint density at radius 2 is 1.28 bits per heavy atom. The highest BCUT2D eigenvalue weighted by molar-refractivity contribution is 9.18. The zero-order valence-electron chi connectivity index (χ0n) is 16.8. The first-order valence-electron chi connectivity index (χ1n) is 9.22. The van der Waals surface area contributed by atoms with Crippen molar-refractivity contribution in [3.8, 4) is 0 Å². The van der Waals surface area contributed by atoms with Crippen molar-refractivity contribution in [2.75, 3.05) is 6.61 Å². The summed E-state index contributed by atoms with van der Waals surface area (Å²) in [5.74, 6) is -4.91. The maximum atomic E-state index is 11.9. The number of carbonyl (C=O) groups is 5. The van der Waals surface area contributed by atoms with E-state index in [0.717, 1.165) is 0 Å². The second kappa shape index (κ2) is 10.8. The fourth-order valence-corrected chi connectivity index (χ4v) is 2.07. The number of hydrogen-bond acceptors (Lipinski definition) is 10. The lowest BCUT2D eigenvalue weighted by molar-refractivity contribution is -0.199. The highest BCUT2D eigenvalue weighted by atomic mass is 79.9. The van der Waals surface area contributed by atoms with Crippen LogP contribution in [-0.2, 0) is 42.9 Å². The van der Waals surface area contributed by atoms with Gasteiger partial charge in [-0.15, -0.1) is 0 Å². The summed E-state index contributed by atoms with van der Waals surface area (Å²) in [7, 11) is 0. The molecule has 0 aromatic heterocycles. The van der Waals surface area contributed by atoms with Crippen LogP contribution < -0.4 is 0 Å². The summed E-state index contributed by atoms with van der Waals surface area (Å²) in [6.07, 6.45) is -7.76. The van der Waals surface area contributed by atoms with Gasteiger partial charge in [-0.3, -0.25) is 24.0 Å². The lowest BCUT2D eigenvalue weighted by Gasteiger charge is -2.33. The quantitative estimate of drug-likeness (QED) is 0.292. The third-order valence-corrected chi connectivity index (χ3v) is 2.92. The Balaban J connectivity index is 6.22. The molecule has 0 spiro atoms. The van der Waals surface area contributed by atoms with Gasteiger partial charge >= 0.3 is 23.9 Å². The smallest absolute Gasteiger partial charge is 0.303 e. The summed E-state index contributed by atoms with van der Waals surface area (Å²) in [4.78, 5) is 58.2. The Hall–Kier alpha value is -2.01. The summed E-state index contributed by atoms with van der Waals surface area (Å²) in [5, 5.41) is 9.53. The van der Waals surface area contributed by atoms with Gasteiger partial charge in [0, 0.05) is 33.1 Å². The largest absolute Gasteiger partial charge is 0.456 e. The molecule has 0 aliphatic rings. The van der Waals surface area contributed by atoms with E-state index in [2.05, 4.69) is 15.9 Å². The van der Waals surface area contributed by atoms with Crippen molar-refractivity contribution >= 4 is 44.5 Å². The molecule has 4 atom stereocenters. The van der Waals surface area contributed by atoms with E-state index in [4.69, 9.17) is 24.4 Å². The number of carbonyl (C=O) groups excluding carboxylic acids is 5. The molecule has 0 heterocycles. The van der Waals surface area contributed by atoms with Gasteiger partial charge in [-0.2, -0.15) is 0 Å². The lowest BCUT2D eigenvalue weighted by atomic mass is 10.0. The van der Waals surface area contributed by atoms with Crippen LogP contribution in [0.1, 0.15) is 33.1 Å². The standard InChI is InChI=1S/C14H19BrO10/c1-6(17)22-10(5-16)11(23-7(2)18)12(24-8(3)19)13(14(15)21)25-9(4)20/h10-13,16H,5H2,1-4H3/t10-,11-,12+,13-/m1/s1/i1D,2D,3D,4D. The van der Waals surface area contributed by atoms with E-state index in [0.29, 0.717) is 0 Å². The minimum atomic E-state index is -2.02. The molecule has 0 aromatic carbocycles. The molecular formula is C14H19BrO10. The van der Waals surface area contributed by atoms with E-state index in [9.17, 15) is 29.1 Å². The van der Waals surface area contributed by atoms with E-state index < -0.39 is 87.2 Å². The minimum absolute atomic E-state index is 0.887. The molecule has 0 bridgehead atoms. The second-order valence-electron chi connectivity index (χ2n) is 4.33. The van der Waals surface area contributed by atoms with Crippen LogP contribution in [0.2, 0.25) is 0 Å². The monoisotopic (exact) mass is 430 g/mol. The van der Waals surface area contributed by atoms with Crippen LogP contribution in [0.25, 0.3) is 0 Å². The van der Waals surface area contributed by atoms with Crippen molar-refractivity contribution in [1.29, 1.82) is 0 Å². The summed E-state index contributed by atoms with van der Waals surface area (Å²) in [5.41, 5.74) is 0. The molecule has 1 N–H and O–H groups in total. The number of rotatable bonds is 9. The van der Waals surface area contributed by atoms with E-state index >= 15 is 0 Å². The molecule has 0 amide bonds. The van der Waals surface area contributed by atoms with E-state index in [1.165, 1.54) is 0 Å². The van der Waals surface area contributed by atoms with Crippen LogP contribution in [0.4, 0.5) is 0 Å². The molecule has 0 saturated carbocycles. The third-order valence-electron chi connectivity index (χ3n) is 2.47. The highest BCUT2D eigenvalue weighted by Crippen LogP contribution is 2.21. The van der Waals surface area contributed by atoms with Gasteiger partial charge in [-0.1, -0.05) is 0 Å². The van der Waals surface area contributed by atoms with Crippen molar-refractivity contribution in [1.82, 2.24) is 0 Å². The molecule has 11 heteroatoms. The predicted molar refractivity (Wildman–Crippen MR) is 83.2 cm³/mol. The molecule has 0 aromatic rings. The number of hydrogen-bond donors (Lipinski definition) is 1. The zero-order valence-corrected chi connectivity index (χ0v) is 14.4. The van der Waals surface area contributed by atoms with Crippen molar-refractivity contribution in [3.05, 3.63) is 0 Å². The Bertz CT molecular complexity index is 605. The Labute approximate surface area is 157 Å². The van der Waals surface area contributed by atoms with Crippen LogP contribution in [-0.4, -0.2) is 64.7 Å². The van der Waals surface area contributed by atoms with Gasteiger partial charge in [0.1, 0.15) is 0 Å². The maximum Gasteiger partial charge on any atom is 0.303 e. The van der Waals surface area contributed by atoms with E-state index in [1.54, 1.807) is 0 Å². The lowest BCUT2D eigenvalue weighted by Crippen LogP contribution is -2.54. The van der Waals surface area contributed by atoms with Crippen LogP contribution in [0.5, 0.6) is 0 Å². The number of aliphatic hydroxyl groups excluding tert-OH is 1. The first kappa shape index (κ1) is 16.5. The molecule has 25 heavy (non-hydrogen) atoms.